The van der Waals surface area contributed by atoms with Crippen molar-refractivity contribution in [3.8, 4) is 5.75 Å². The SMILES string of the molecule is CCNC(=NCc1ccccc1OCC1CC1)NC1CCN(CC(=O)N(C)C)CC1. The summed E-state index contributed by atoms with van der Waals surface area (Å²) in [5.41, 5.74) is 1.12. The van der Waals surface area contributed by atoms with E-state index in [0.29, 0.717) is 19.1 Å². The maximum absolute atomic E-state index is 11.9. The van der Waals surface area contributed by atoms with E-state index in [2.05, 4.69) is 28.5 Å². The highest BCUT2D eigenvalue weighted by molar-refractivity contribution is 5.80. The van der Waals surface area contributed by atoms with E-state index in [1.54, 1.807) is 4.90 Å². The maximum Gasteiger partial charge on any atom is 0.236 e. The van der Waals surface area contributed by atoms with Crippen LogP contribution in [-0.4, -0.2) is 74.6 Å². The topological polar surface area (TPSA) is 69.2 Å². The second-order valence-corrected chi connectivity index (χ2v) is 8.54. The van der Waals surface area contributed by atoms with E-state index in [0.717, 1.165) is 62.3 Å². The van der Waals surface area contributed by atoms with Crippen LogP contribution in [0.1, 0.15) is 38.2 Å². The summed E-state index contributed by atoms with van der Waals surface area (Å²) in [6, 6.07) is 8.57. The quantitative estimate of drug-likeness (QED) is 0.477. The molecule has 1 heterocycles. The number of benzene rings is 1. The van der Waals surface area contributed by atoms with Crippen molar-refractivity contribution in [2.24, 2.45) is 10.9 Å². The Morgan fingerprint density at radius 2 is 1.93 bits per heavy atom. The van der Waals surface area contributed by atoms with Gasteiger partial charge in [-0.2, -0.15) is 0 Å². The van der Waals surface area contributed by atoms with E-state index in [-0.39, 0.29) is 5.91 Å². The van der Waals surface area contributed by atoms with Gasteiger partial charge in [0.15, 0.2) is 5.96 Å². The Morgan fingerprint density at radius 1 is 1.20 bits per heavy atom. The lowest BCUT2D eigenvalue weighted by Crippen LogP contribution is -2.50. The van der Waals surface area contributed by atoms with Gasteiger partial charge in [0.05, 0.1) is 19.7 Å². The van der Waals surface area contributed by atoms with Crippen molar-refractivity contribution in [2.45, 2.75) is 45.2 Å². The second kappa shape index (κ2) is 11.2. The summed E-state index contributed by atoms with van der Waals surface area (Å²) in [6.07, 6.45) is 4.59. The number of likely N-dealkylation sites (N-methyl/N-ethyl adjacent to an activating group) is 1. The van der Waals surface area contributed by atoms with Crippen molar-refractivity contribution in [1.29, 1.82) is 0 Å². The lowest BCUT2D eigenvalue weighted by atomic mass is 10.1. The fraction of sp³-hybridized carbons (Fsp3) is 0.652. The molecule has 1 saturated carbocycles. The van der Waals surface area contributed by atoms with Crippen molar-refractivity contribution < 1.29 is 9.53 Å². The van der Waals surface area contributed by atoms with E-state index >= 15 is 0 Å². The smallest absolute Gasteiger partial charge is 0.236 e. The van der Waals surface area contributed by atoms with Gasteiger partial charge in [-0.3, -0.25) is 9.69 Å². The third kappa shape index (κ3) is 7.20. The Bertz CT molecular complexity index is 709. The fourth-order valence-corrected chi connectivity index (χ4v) is 3.51. The number of hydrogen-bond acceptors (Lipinski definition) is 4. The number of para-hydroxylation sites is 1. The minimum Gasteiger partial charge on any atom is -0.493 e. The molecule has 0 bridgehead atoms. The van der Waals surface area contributed by atoms with Crippen molar-refractivity contribution in [1.82, 2.24) is 20.4 Å². The normalized spacial score (nSPS) is 18.2. The van der Waals surface area contributed by atoms with Crippen LogP contribution < -0.4 is 15.4 Å². The summed E-state index contributed by atoms with van der Waals surface area (Å²) < 4.78 is 6.02. The van der Waals surface area contributed by atoms with E-state index in [9.17, 15) is 4.79 Å². The van der Waals surface area contributed by atoms with Gasteiger partial charge in [-0.1, -0.05) is 18.2 Å². The number of nitrogens with one attached hydrogen (secondary N) is 2. The van der Waals surface area contributed by atoms with Gasteiger partial charge >= 0.3 is 0 Å². The minimum atomic E-state index is 0.166. The number of carbonyl (C=O) groups excluding carboxylic acids is 1. The highest BCUT2D eigenvalue weighted by Crippen LogP contribution is 2.30. The van der Waals surface area contributed by atoms with Gasteiger partial charge in [-0.25, -0.2) is 4.99 Å². The predicted molar refractivity (Wildman–Crippen MR) is 121 cm³/mol. The summed E-state index contributed by atoms with van der Waals surface area (Å²) in [7, 11) is 3.62. The maximum atomic E-state index is 11.9. The van der Waals surface area contributed by atoms with Crippen LogP contribution in [0.25, 0.3) is 0 Å². The van der Waals surface area contributed by atoms with Crippen LogP contribution in [0.4, 0.5) is 0 Å². The average Bonchev–Trinajstić information content (AvgIpc) is 3.57. The van der Waals surface area contributed by atoms with Crippen molar-refractivity contribution in [3.05, 3.63) is 29.8 Å². The standard InChI is InChI=1S/C23H37N5O2/c1-4-24-23(26-20-11-13-28(14-12-20)16-22(29)27(2)3)25-15-19-7-5-6-8-21(19)30-17-18-9-10-18/h5-8,18,20H,4,9-17H2,1-3H3,(H2,24,25,26). The van der Waals surface area contributed by atoms with Crippen LogP contribution in [0.15, 0.2) is 29.3 Å². The molecule has 1 aliphatic carbocycles. The Kier molecular flexibility index (Phi) is 8.37. The van der Waals surface area contributed by atoms with Crippen LogP contribution in [0.2, 0.25) is 0 Å². The molecule has 1 saturated heterocycles. The molecule has 0 aromatic heterocycles. The van der Waals surface area contributed by atoms with Gasteiger partial charge in [-0.15, -0.1) is 0 Å². The third-order valence-corrected chi connectivity index (χ3v) is 5.68. The fourth-order valence-electron chi connectivity index (χ4n) is 3.51. The number of carbonyl (C=O) groups is 1. The molecule has 30 heavy (non-hydrogen) atoms. The molecule has 0 unspecified atom stereocenters. The molecule has 1 aliphatic heterocycles. The summed E-state index contributed by atoms with van der Waals surface area (Å²) >= 11 is 0. The second-order valence-electron chi connectivity index (χ2n) is 8.54. The summed E-state index contributed by atoms with van der Waals surface area (Å²) in [4.78, 5) is 20.6. The number of likely N-dealkylation sites (tertiary alicyclic amines) is 1. The molecule has 0 atom stereocenters. The molecule has 2 aliphatic rings. The number of rotatable bonds is 9. The zero-order valence-corrected chi connectivity index (χ0v) is 18.7. The molecule has 1 aromatic carbocycles. The molecule has 0 spiro atoms. The number of ether oxygens (including phenoxy) is 1. The van der Waals surface area contributed by atoms with Crippen molar-refractivity contribution >= 4 is 11.9 Å². The minimum absolute atomic E-state index is 0.166. The lowest BCUT2D eigenvalue weighted by molar-refractivity contribution is -0.130. The molecule has 2 N–H and O–H groups in total. The molecule has 3 rings (SSSR count). The van der Waals surface area contributed by atoms with Gasteiger partial charge in [0.2, 0.25) is 5.91 Å². The number of aliphatic imine (C=N–C) groups is 1. The van der Waals surface area contributed by atoms with E-state index in [4.69, 9.17) is 9.73 Å². The number of guanidine groups is 1. The Morgan fingerprint density at radius 3 is 2.60 bits per heavy atom. The first kappa shape index (κ1) is 22.4. The molecule has 7 heteroatoms. The van der Waals surface area contributed by atoms with Gasteiger partial charge in [-0.05, 0) is 44.6 Å². The summed E-state index contributed by atoms with van der Waals surface area (Å²) in [5, 5.41) is 6.94. The Labute approximate surface area is 180 Å². The van der Waals surface area contributed by atoms with Crippen LogP contribution in [-0.2, 0) is 11.3 Å². The number of nitrogens with zero attached hydrogens (tertiary/aromatic N) is 3. The first-order valence-electron chi connectivity index (χ1n) is 11.2. The average molecular weight is 416 g/mol. The predicted octanol–water partition coefficient (Wildman–Crippen LogP) is 2.08. The highest BCUT2D eigenvalue weighted by atomic mass is 16.5. The first-order chi connectivity index (χ1) is 14.5. The van der Waals surface area contributed by atoms with Crippen LogP contribution in [0, 0.1) is 5.92 Å². The van der Waals surface area contributed by atoms with E-state index < -0.39 is 0 Å². The van der Waals surface area contributed by atoms with Crippen LogP contribution in [0.5, 0.6) is 5.75 Å². The van der Waals surface area contributed by atoms with Gasteiger partial charge in [0, 0.05) is 45.3 Å². The van der Waals surface area contributed by atoms with Crippen LogP contribution in [0.3, 0.4) is 0 Å². The summed E-state index contributed by atoms with van der Waals surface area (Å²) in [6.45, 7) is 6.66. The Hall–Kier alpha value is -2.28. The Balaban J connectivity index is 1.51. The number of amides is 1. The largest absolute Gasteiger partial charge is 0.493 e. The molecular weight excluding hydrogens is 378 g/mol. The van der Waals surface area contributed by atoms with Crippen molar-refractivity contribution in [3.63, 3.8) is 0 Å². The zero-order chi connectivity index (χ0) is 21.3. The number of piperidine rings is 1. The van der Waals surface area contributed by atoms with Crippen LogP contribution >= 0.6 is 0 Å². The third-order valence-electron chi connectivity index (χ3n) is 5.68. The number of hydrogen-bond donors (Lipinski definition) is 2. The lowest BCUT2D eigenvalue weighted by Gasteiger charge is -2.33. The van der Waals surface area contributed by atoms with Gasteiger partial charge in [0.25, 0.3) is 0 Å². The molecule has 166 valence electrons. The van der Waals surface area contributed by atoms with Crippen molar-refractivity contribution in [2.75, 3.05) is 46.9 Å². The van der Waals surface area contributed by atoms with E-state index in [1.165, 1.54) is 12.8 Å². The monoisotopic (exact) mass is 415 g/mol. The molecule has 0 radical (unpaired) electrons. The molecule has 2 fully saturated rings. The van der Waals surface area contributed by atoms with E-state index in [1.807, 2.05) is 32.3 Å². The van der Waals surface area contributed by atoms with Gasteiger partial charge in [0.1, 0.15) is 5.75 Å². The first-order valence-corrected chi connectivity index (χ1v) is 11.2. The zero-order valence-electron chi connectivity index (χ0n) is 18.7. The summed E-state index contributed by atoms with van der Waals surface area (Å²) in [5.74, 6) is 2.69. The highest BCUT2D eigenvalue weighted by Gasteiger charge is 2.23. The van der Waals surface area contributed by atoms with Gasteiger partial charge < -0.3 is 20.3 Å². The molecule has 1 amide bonds. The molecule has 7 nitrogen and oxygen atoms in total. The molecule has 1 aromatic rings. The molecular formula is C23H37N5O2.